The highest BCUT2D eigenvalue weighted by Crippen LogP contribution is 2.38. The van der Waals surface area contributed by atoms with E-state index in [2.05, 4.69) is 21.7 Å². The van der Waals surface area contributed by atoms with Crippen molar-refractivity contribution in [2.24, 2.45) is 11.8 Å². The van der Waals surface area contributed by atoms with Gasteiger partial charge < -0.3 is 15.6 Å². The minimum atomic E-state index is -0.181. The molecule has 0 radical (unpaired) electrons. The molecule has 3 N–H and O–H groups in total. The van der Waals surface area contributed by atoms with Crippen LogP contribution in [0.5, 0.6) is 0 Å². The molecule has 0 saturated heterocycles. The fourth-order valence-corrected chi connectivity index (χ4v) is 3.67. The zero-order chi connectivity index (χ0) is 19.3. The molecule has 2 unspecified atom stereocenters. The Hall–Kier alpha value is -3.08. The van der Waals surface area contributed by atoms with Gasteiger partial charge in [-0.2, -0.15) is 0 Å². The second-order valence-electron chi connectivity index (χ2n) is 7.38. The molecule has 3 aromatic rings. The van der Waals surface area contributed by atoms with Gasteiger partial charge in [-0.3, -0.25) is 9.59 Å². The van der Waals surface area contributed by atoms with Crippen molar-refractivity contribution in [3.8, 4) is 0 Å². The van der Waals surface area contributed by atoms with Crippen LogP contribution in [0.25, 0.3) is 10.9 Å². The molecule has 2 atom stereocenters. The van der Waals surface area contributed by atoms with Gasteiger partial charge in [-0.1, -0.05) is 48.5 Å². The van der Waals surface area contributed by atoms with Gasteiger partial charge in [0.1, 0.15) is 0 Å². The van der Waals surface area contributed by atoms with Gasteiger partial charge in [0.25, 0.3) is 0 Å². The van der Waals surface area contributed by atoms with Crippen LogP contribution in [0, 0.1) is 11.8 Å². The Balaban J connectivity index is 1.17. The maximum absolute atomic E-state index is 12.3. The van der Waals surface area contributed by atoms with Crippen LogP contribution in [0.1, 0.15) is 17.5 Å². The summed E-state index contributed by atoms with van der Waals surface area (Å²) in [5.41, 5.74) is 3.50. The lowest BCUT2D eigenvalue weighted by Crippen LogP contribution is -2.32. The van der Waals surface area contributed by atoms with Crippen LogP contribution in [0.15, 0.2) is 60.8 Å². The molecule has 1 heterocycles. The number of para-hydroxylation sites is 1. The minimum Gasteiger partial charge on any atom is -0.361 e. The molecule has 5 heteroatoms. The first kappa shape index (κ1) is 18.3. The maximum Gasteiger partial charge on any atom is 0.223 e. The number of aromatic nitrogens is 1. The number of benzene rings is 2. The summed E-state index contributed by atoms with van der Waals surface area (Å²) < 4.78 is 0. The maximum atomic E-state index is 12.3. The Bertz CT molecular complexity index is 964. The highest BCUT2D eigenvalue weighted by atomic mass is 16.2. The standard InChI is InChI=1S/C23H25N3O2/c27-22(24-12-10-16-6-2-1-3-7-16)19-14-20(19)23(28)25-13-11-17-15-26-21-9-5-4-8-18(17)21/h1-9,15,19-20,26H,10-14H2,(H,24,27)(H,25,28). The van der Waals surface area contributed by atoms with E-state index in [4.69, 9.17) is 0 Å². The molecule has 0 spiro atoms. The molecule has 2 aromatic carbocycles. The Labute approximate surface area is 164 Å². The lowest BCUT2D eigenvalue weighted by molar-refractivity contribution is -0.127. The molecule has 144 valence electrons. The van der Waals surface area contributed by atoms with E-state index in [0.29, 0.717) is 19.5 Å². The molecule has 28 heavy (non-hydrogen) atoms. The number of rotatable bonds is 8. The first-order valence-electron chi connectivity index (χ1n) is 9.87. The molecule has 2 amide bonds. The molecular weight excluding hydrogens is 350 g/mol. The van der Waals surface area contributed by atoms with Crippen molar-refractivity contribution in [2.45, 2.75) is 19.3 Å². The molecular formula is C23H25N3O2. The second kappa shape index (κ2) is 8.30. The summed E-state index contributed by atoms with van der Waals surface area (Å²) in [6.45, 7) is 1.19. The van der Waals surface area contributed by atoms with Crippen molar-refractivity contribution in [3.63, 3.8) is 0 Å². The van der Waals surface area contributed by atoms with Crippen LogP contribution in [-0.4, -0.2) is 29.9 Å². The molecule has 1 aliphatic rings. The summed E-state index contributed by atoms with van der Waals surface area (Å²) in [4.78, 5) is 27.8. The van der Waals surface area contributed by atoms with Crippen LogP contribution in [0.4, 0.5) is 0 Å². The van der Waals surface area contributed by atoms with E-state index in [1.807, 2.05) is 54.7 Å². The number of hydrogen-bond acceptors (Lipinski definition) is 2. The van der Waals surface area contributed by atoms with E-state index in [0.717, 1.165) is 18.4 Å². The average molecular weight is 375 g/mol. The van der Waals surface area contributed by atoms with Crippen LogP contribution in [-0.2, 0) is 22.4 Å². The quantitative estimate of drug-likeness (QED) is 0.566. The Kier molecular flexibility index (Phi) is 5.42. The van der Waals surface area contributed by atoms with Gasteiger partial charge in [0, 0.05) is 30.2 Å². The molecule has 1 fully saturated rings. The number of carbonyl (C=O) groups is 2. The average Bonchev–Trinajstić information content (AvgIpc) is 3.43. The highest BCUT2D eigenvalue weighted by Gasteiger charge is 2.47. The van der Waals surface area contributed by atoms with Gasteiger partial charge >= 0.3 is 0 Å². The summed E-state index contributed by atoms with van der Waals surface area (Å²) >= 11 is 0. The van der Waals surface area contributed by atoms with Crippen LogP contribution in [0.3, 0.4) is 0 Å². The van der Waals surface area contributed by atoms with E-state index in [1.54, 1.807) is 0 Å². The normalized spacial score (nSPS) is 18.0. The van der Waals surface area contributed by atoms with Crippen molar-refractivity contribution < 1.29 is 9.59 Å². The van der Waals surface area contributed by atoms with Gasteiger partial charge in [0.2, 0.25) is 11.8 Å². The van der Waals surface area contributed by atoms with Gasteiger partial charge in [-0.15, -0.1) is 0 Å². The number of H-pyrrole nitrogens is 1. The van der Waals surface area contributed by atoms with Crippen LogP contribution >= 0.6 is 0 Å². The largest absolute Gasteiger partial charge is 0.361 e. The summed E-state index contributed by atoms with van der Waals surface area (Å²) in [6.07, 6.45) is 4.23. The fourth-order valence-electron chi connectivity index (χ4n) is 3.67. The predicted molar refractivity (Wildman–Crippen MR) is 110 cm³/mol. The zero-order valence-corrected chi connectivity index (χ0v) is 15.8. The third-order valence-electron chi connectivity index (χ3n) is 5.39. The van der Waals surface area contributed by atoms with E-state index in [1.165, 1.54) is 16.5 Å². The van der Waals surface area contributed by atoms with Gasteiger partial charge in [0.05, 0.1) is 11.8 Å². The number of nitrogens with one attached hydrogen (secondary N) is 3. The third kappa shape index (κ3) is 4.25. The number of fused-ring (bicyclic) bond motifs is 1. The SMILES string of the molecule is O=C(NCCc1ccccc1)C1CC1C(=O)NCCc1c[nH]c2ccccc12. The minimum absolute atomic E-state index is 0.00675. The molecule has 1 saturated carbocycles. The van der Waals surface area contributed by atoms with E-state index in [-0.39, 0.29) is 23.7 Å². The zero-order valence-electron chi connectivity index (χ0n) is 15.8. The molecule has 0 bridgehead atoms. The Morgan fingerprint density at radius 2 is 1.50 bits per heavy atom. The van der Waals surface area contributed by atoms with Crippen molar-refractivity contribution >= 4 is 22.7 Å². The molecule has 5 nitrogen and oxygen atoms in total. The highest BCUT2D eigenvalue weighted by molar-refractivity contribution is 5.92. The summed E-state index contributed by atoms with van der Waals surface area (Å²) in [6, 6.07) is 18.2. The smallest absolute Gasteiger partial charge is 0.223 e. The van der Waals surface area contributed by atoms with Gasteiger partial charge in [-0.05, 0) is 36.5 Å². The second-order valence-corrected chi connectivity index (χ2v) is 7.38. The topological polar surface area (TPSA) is 74.0 Å². The number of hydrogen-bond donors (Lipinski definition) is 3. The summed E-state index contributed by atoms with van der Waals surface area (Å²) in [5, 5.41) is 7.13. The van der Waals surface area contributed by atoms with E-state index in [9.17, 15) is 9.59 Å². The summed E-state index contributed by atoms with van der Waals surface area (Å²) in [7, 11) is 0. The molecule has 4 rings (SSSR count). The summed E-state index contributed by atoms with van der Waals surface area (Å²) in [5.74, 6) is -0.376. The Morgan fingerprint density at radius 3 is 2.25 bits per heavy atom. The van der Waals surface area contributed by atoms with Crippen LogP contribution < -0.4 is 10.6 Å². The lowest BCUT2D eigenvalue weighted by Gasteiger charge is -2.06. The van der Waals surface area contributed by atoms with Gasteiger partial charge in [-0.25, -0.2) is 0 Å². The van der Waals surface area contributed by atoms with Crippen molar-refractivity contribution in [2.75, 3.05) is 13.1 Å². The van der Waals surface area contributed by atoms with Crippen LogP contribution in [0.2, 0.25) is 0 Å². The molecule has 1 aliphatic carbocycles. The first-order chi connectivity index (χ1) is 13.7. The van der Waals surface area contributed by atoms with Gasteiger partial charge in [0.15, 0.2) is 0 Å². The predicted octanol–water partition coefficient (Wildman–Crippen LogP) is 2.82. The van der Waals surface area contributed by atoms with Crippen molar-refractivity contribution in [1.29, 1.82) is 0 Å². The number of carbonyl (C=O) groups excluding carboxylic acids is 2. The van der Waals surface area contributed by atoms with E-state index >= 15 is 0 Å². The van der Waals surface area contributed by atoms with Crippen molar-refractivity contribution in [1.82, 2.24) is 15.6 Å². The lowest BCUT2D eigenvalue weighted by atomic mass is 10.1. The Morgan fingerprint density at radius 1 is 0.857 bits per heavy atom. The van der Waals surface area contributed by atoms with Crippen molar-refractivity contribution in [3.05, 3.63) is 71.9 Å². The first-order valence-corrected chi connectivity index (χ1v) is 9.87. The number of aromatic amines is 1. The fraction of sp³-hybridized carbons (Fsp3) is 0.304. The molecule has 1 aromatic heterocycles. The molecule has 0 aliphatic heterocycles. The number of amides is 2. The monoisotopic (exact) mass is 375 g/mol. The third-order valence-corrected chi connectivity index (χ3v) is 5.39. The van der Waals surface area contributed by atoms with E-state index < -0.39 is 0 Å².